The molecule has 0 aliphatic carbocycles. The fourth-order valence-electron chi connectivity index (χ4n) is 1.68. The van der Waals surface area contributed by atoms with E-state index in [4.69, 9.17) is 0 Å². The first-order chi connectivity index (χ1) is 9.10. The normalized spacial score (nSPS) is 11.5. The zero-order chi connectivity index (χ0) is 14.3. The molecule has 0 saturated carbocycles. The maximum Gasteiger partial charge on any atom is 0.310 e. The van der Waals surface area contributed by atoms with Gasteiger partial charge >= 0.3 is 5.97 Å². The molecular formula is C14H18N2O3. The van der Waals surface area contributed by atoms with E-state index in [1.807, 2.05) is 0 Å². The van der Waals surface area contributed by atoms with Gasteiger partial charge in [-0.05, 0) is 12.1 Å². The molecule has 102 valence electrons. The van der Waals surface area contributed by atoms with E-state index < -0.39 is 0 Å². The zero-order valence-corrected chi connectivity index (χ0v) is 11.2. The smallest absolute Gasteiger partial charge is 0.310 e. The van der Waals surface area contributed by atoms with Crippen LogP contribution in [0, 0.1) is 5.92 Å². The van der Waals surface area contributed by atoms with Crippen LogP contribution in [0.15, 0.2) is 37.2 Å². The van der Waals surface area contributed by atoms with E-state index >= 15 is 0 Å². The van der Waals surface area contributed by atoms with Crippen LogP contribution in [-0.4, -0.2) is 42.0 Å². The van der Waals surface area contributed by atoms with Crippen molar-refractivity contribution in [1.82, 2.24) is 9.88 Å². The number of methoxy groups -OCH3 is 1. The maximum atomic E-state index is 12.3. The number of hydrogen-bond donors (Lipinski definition) is 0. The van der Waals surface area contributed by atoms with Crippen molar-refractivity contribution >= 4 is 11.9 Å². The monoisotopic (exact) mass is 262 g/mol. The molecule has 0 spiro atoms. The van der Waals surface area contributed by atoms with Crippen LogP contribution < -0.4 is 0 Å². The van der Waals surface area contributed by atoms with E-state index in [-0.39, 0.29) is 17.8 Å². The van der Waals surface area contributed by atoms with Crippen molar-refractivity contribution in [3.05, 3.63) is 42.7 Å². The average Bonchev–Trinajstić information content (AvgIpc) is 2.45. The number of rotatable bonds is 6. The Morgan fingerprint density at radius 1 is 1.47 bits per heavy atom. The minimum Gasteiger partial charge on any atom is -0.469 e. The number of nitrogens with zero attached hydrogens (tertiary/aromatic N) is 2. The highest BCUT2D eigenvalue weighted by Gasteiger charge is 2.21. The molecule has 1 atom stereocenters. The fourth-order valence-corrected chi connectivity index (χ4v) is 1.68. The maximum absolute atomic E-state index is 12.3. The Kier molecular flexibility index (Phi) is 5.73. The standard InChI is InChI=1S/C14H18N2O3/c1-4-9-16(10-11(2)14(18)19-3)13(17)12-5-7-15-8-6-12/h4-8,11H,1,9-10H2,2-3H3. The number of amides is 1. The molecule has 1 heterocycles. The van der Waals surface area contributed by atoms with Gasteiger partial charge in [0, 0.05) is 31.0 Å². The van der Waals surface area contributed by atoms with Crippen molar-refractivity contribution in [2.24, 2.45) is 5.92 Å². The van der Waals surface area contributed by atoms with E-state index in [0.29, 0.717) is 18.7 Å². The summed E-state index contributed by atoms with van der Waals surface area (Å²) in [5, 5.41) is 0. The highest BCUT2D eigenvalue weighted by atomic mass is 16.5. The molecule has 19 heavy (non-hydrogen) atoms. The molecule has 1 amide bonds. The van der Waals surface area contributed by atoms with E-state index in [1.54, 1.807) is 42.4 Å². The first kappa shape index (κ1) is 14.9. The first-order valence-electron chi connectivity index (χ1n) is 5.98. The van der Waals surface area contributed by atoms with Gasteiger partial charge in [0.2, 0.25) is 0 Å². The van der Waals surface area contributed by atoms with Crippen molar-refractivity contribution in [3.8, 4) is 0 Å². The number of esters is 1. The molecule has 5 heteroatoms. The van der Waals surface area contributed by atoms with Gasteiger partial charge in [0.15, 0.2) is 0 Å². The Labute approximate surface area is 112 Å². The number of carbonyl (C=O) groups is 2. The summed E-state index contributed by atoms with van der Waals surface area (Å²) >= 11 is 0. The topological polar surface area (TPSA) is 59.5 Å². The molecule has 1 aromatic rings. The van der Waals surface area contributed by atoms with Crippen LogP contribution in [-0.2, 0) is 9.53 Å². The molecule has 0 aromatic carbocycles. The largest absolute Gasteiger partial charge is 0.469 e. The van der Waals surface area contributed by atoms with E-state index in [2.05, 4.69) is 16.3 Å². The third-order valence-corrected chi connectivity index (χ3v) is 2.66. The molecule has 0 aliphatic rings. The molecule has 1 aromatic heterocycles. The summed E-state index contributed by atoms with van der Waals surface area (Å²) in [5.41, 5.74) is 0.536. The molecule has 0 bridgehead atoms. The van der Waals surface area contributed by atoms with Crippen molar-refractivity contribution in [3.63, 3.8) is 0 Å². The number of hydrogen-bond acceptors (Lipinski definition) is 4. The van der Waals surface area contributed by atoms with E-state index in [1.165, 1.54) is 7.11 Å². The summed E-state index contributed by atoms with van der Waals surface area (Å²) in [4.78, 5) is 29.1. The molecule has 0 saturated heterocycles. The lowest BCUT2D eigenvalue weighted by atomic mass is 10.1. The Morgan fingerprint density at radius 3 is 2.63 bits per heavy atom. The fraction of sp³-hybridized carbons (Fsp3) is 0.357. The van der Waals surface area contributed by atoms with Gasteiger partial charge in [0.25, 0.3) is 5.91 Å². The van der Waals surface area contributed by atoms with Crippen LogP contribution in [0.5, 0.6) is 0 Å². The number of carbonyl (C=O) groups excluding carboxylic acids is 2. The van der Waals surface area contributed by atoms with Crippen LogP contribution in [0.3, 0.4) is 0 Å². The Morgan fingerprint density at radius 2 is 2.11 bits per heavy atom. The molecule has 0 N–H and O–H groups in total. The lowest BCUT2D eigenvalue weighted by Gasteiger charge is -2.23. The molecule has 0 fully saturated rings. The van der Waals surface area contributed by atoms with Crippen LogP contribution in [0.25, 0.3) is 0 Å². The average molecular weight is 262 g/mol. The Bertz CT molecular complexity index is 445. The Hall–Kier alpha value is -2.17. The van der Waals surface area contributed by atoms with Gasteiger partial charge in [-0.1, -0.05) is 13.0 Å². The molecule has 1 rings (SSSR count). The second kappa shape index (κ2) is 7.31. The lowest BCUT2D eigenvalue weighted by Crippen LogP contribution is -2.37. The van der Waals surface area contributed by atoms with E-state index in [0.717, 1.165) is 0 Å². The third kappa shape index (κ3) is 4.21. The SMILES string of the molecule is C=CCN(CC(C)C(=O)OC)C(=O)c1ccncc1. The third-order valence-electron chi connectivity index (χ3n) is 2.66. The molecular weight excluding hydrogens is 244 g/mol. The van der Waals surface area contributed by atoms with Crippen molar-refractivity contribution < 1.29 is 14.3 Å². The Balaban J connectivity index is 2.80. The van der Waals surface area contributed by atoms with Gasteiger partial charge in [-0.2, -0.15) is 0 Å². The number of pyridine rings is 1. The van der Waals surface area contributed by atoms with Gasteiger partial charge in [0.1, 0.15) is 0 Å². The van der Waals surface area contributed by atoms with Crippen molar-refractivity contribution in [2.75, 3.05) is 20.2 Å². The van der Waals surface area contributed by atoms with Gasteiger partial charge in [-0.3, -0.25) is 14.6 Å². The lowest BCUT2D eigenvalue weighted by molar-refractivity contribution is -0.145. The van der Waals surface area contributed by atoms with Crippen LogP contribution in [0.2, 0.25) is 0 Å². The summed E-state index contributed by atoms with van der Waals surface area (Å²) in [6.45, 7) is 6.02. The van der Waals surface area contributed by atoms with Crippen LogP contribution in [0.4, 0.5) is 0 Å². The van der Waals surface area contributed by atoms with E-state index in [9.17, 15) is 9.59 Å². The summed E-state index contributed by atoms with van der Waals surface area (Å²) in [7, 11) is 1.33. The predicted octanol–water partition coefficient (Wildman–Crippen LogP) is 1.52. The summed E-state index contributed by atoms with van der Waals surface area (Å²) in [6, 6.07) is 3.28. The molecule has 0 radical (unpaired) electrons. The summed E-state index contributed by atoms with van der Waals surface area (Å²) in [6.07, 6.45) is 4.75. The van der Waals surface area contributed by atoms with Gasteiger partial charge in [-0.25, -0.2) is 0 Å². The van der Waals surface area contributed by atoms with Crippen molar-refractivity contribution in [1.29, 1.82) is 0 Å². The van der Waals surface area contributed by atoms with Gasteiger partial charge in [0.05, 0.1) is 13.0 Å². The second-order valence-electron chi connectivity index (χ2n) is 4.16. The molecule has 1 unspecified atom stereocenters. The highest BCUT2D eigenvalue weighted by molar-refractivity contribution is 5.94. The van der Waals surface area contributed by atoms with Gasteiger partial charge in [-0.15, -0.1) is 6.58 Å². The van der Waals surface area contributed by atoms with Crippen LogP contribution >= 0.6 is 0 Å². The zero-order valence-electron chi connectivity index (χ0n) is 11.2. The molecule has 5 nitrogen and oxygen atoms in total. The van der Waals surface area contributed by atoms with Crippen molar-refractivity contribution in [2.45, 2.75) is 6.92 Å². The van der Waals surface area contributed by atoms with Crippen LogP contribution in [0.1, 0.15) is 17.3 Å². The summed E-state index contributed by atoms with van der Waals surface area (Å²) < 4.78 is 4.66. The molecule has 0 aliphatic heterocycles. The first-order valence-corrected chi connectivity index (χ1v) is 5.98. The highest BCUT2D eigenvalue weighted by Crippen LogP contribution is 2.08. The minimum absolute atomic E-state index is 0.155. The number of aromatic nitrogens is 1. The quantitative estimate of drug-likeness (QED) is 0.576. The van der Waals surface area contributed by atoms with Gasteiger partial charge < -0.3 is 9.64 Å². The predicted molar refractivity (Wildman–Crippen MR) is 71.5 cm³/mol. The minimum atomic E-state index is -0.379. The second-order valence-corrected chi connectivity index (χ2v) is 4.16. The number of ether oxygens (including phenoxy) is 1. The summed E-state index contributed by atoms with van der Waals surface area (Å²) in [5.74, 6) is -0.870.